The summed E-state index contributed by atoms with van der Waals surface area (Å²) in [5.74, 6) is 0.861. The minimum absolute atomic E-state index is 0.824. The van der Waals surface area contributed by atoms with Crippen LogP contribution in [0.1, 0.15) is 0 Å². The Balaban J connectivity index is 1.28. The Morgan fingerprint density at radius 1 is 0.310 bits per heavy atom. The van der Waals surface area contributed by atoms with Crippen molar-refractivity contribution in [2.75, 3.05) is 0 Å². The molecule has 0 N–H and O–H groups in total. The predicted octanol–water partition coefficient (Wildman–Crippen LogP) is 11.6. The molecule has 2 aromatic heterocycles. The van der Waals surface area contributed by atoms with Crippen LogP contribution in [0.5, 0.6) is 0 Å². The molecule has 196 valence electrons. The largest absolute Gasteiger partial charge is 0.456 e. The van der Waals surface area contributed by atoms with Crippen LogP contribution in [-0.2, 0) is 0 Å². The monoisotopic (exact) mass is 536 g/mol. The third-order valence-corrected chi connectivity index (χ3v) is 8.47. The van der Waals surface area contributed by atoms with E-state index >= 15 is 0 Å². The molecule has 0 aliphatic heterocycles. The molecule has 2 heterocycles. The highest BCUT2D eigenvalue weighted by atomic mass is 16.3. The molecule has 0 saturated heterocycles. The van der Waals surface area contributed by atoms with Gasteiger partial charge in [-0.15, -0.1) is 0 Å². The highest BCUT2D eigenvalue weighted by Crippen LogP contribution is 2.45. The van der Waals surface area contributed by atoms with Crippen LogP contribution in [0.4, 0.5) is 0 Å². The molecule has 2 nitrogen and oxygen atoms in total. The fourth-order valence-corrected chi connectivity index (χ4v) is 6.55. The molecule has 42 heavy (non-hydrogen) atoms. The van der Waals surface area contributed by atoms with Gasteiger partial charge in [-0.3, -0.25) is 0 Å². The zero-order valence-electron chi connectivity index (χ0n) is 22.7. The van der Waals surface area contributed by atoms with Gasteiger partial charge in [-0.1, -0.05) is 121 Å². The lowest BCUT2D eigenvalue weighted by Gasteiger charge is -2.16. The number of hydrogen-bond acceptors (Lipinski definition) is 2. The maximum absolute atomic E-state index is 6.62. The van der Waals surface area contributed by atoms with Crippen molar-refractivity contribution in [2.24, 2.45) is 0 Å². The summed E-state index contributed by atoms with van der Waals surface area (Å²) in [4.78, 5) is 0. The summed E-state index contributed by atoms with van der Waals surface area (Å²) in [5, 5.41) is 8.05. The summed E-state index contributed by atoms with van der Waals surface area (Å²) in [6, 6.07) is 51.4. The molecule has 0 radical (unpaired) electrons. The number of fused-ring (bicyclic) bond motifs is 6. The van der Waals surface area contributed by atoms with E-state index in [4.69, 9.17) is 8.83 Å². The van der Waals surface area contributed by atoms with Crippen molar-refractivity contribution in [1.29, 1.82) is 0 Å². The third kappa shape index (κ3) is 3.45. The van der Waals surface area contributed by atoms with Crippen molar-refractivity contribution in [3.05, 3.63) is 146 Å². The van der Waals surface area contributed by atoms with Crippen molar-refractivity contribution in [1.82, 2.24) is 0 Å². The number of para-hydroxylation sites is 1. The second-order valence-corrected chi connectivity index (χ2v) is 10.9. The molecule has 2 heteroatoms. The second-order valence-electron chi connectivity index (χ2n) is 10.9. The minimum Gasteiger partial charge on any atom is -0.456 e. The molecule has 0 bridgehead atoms. The Morgan fingerprint density at radius 3 is 1.55 bits per heavy atom. The molecule has 7 aromatic carbocycles. The van der Waals surface area contributed by atoms with Crippen molar-refractivity contribution >= 4 is 54.5 Å². The Kier molecular flexibility index (Phi) is 4.93. The lowest BCUT2D eigenvalue weighted by atomic mass is 9.87. The van der Waals surface area contributed by atoms with Crippen LogP contribution in [0.2, 0.25) is 0 Å². The van der Waals surface area contributed by atoms with Crippen LogP contribution >= 0.6 is 0 Å². The van der Waals surface area contributed by atoms with Crippen molar-refractivity contribution in [2.45, 2.75) is 0 Å². The zero-order valence-corrected chi connectivity index (χ0v) is 22.7. The van der Waals surface area contributed by atoms with Gasteiger partial charge in [-0.25, -0.2) is 0 Å². The summed E-state index contributed by atoms with van der Waals surface area (Å²) in [5.41, 5.74) is 8.55. The van der Waals surface area contributed by atoms with Crippen LogP contribution in [0.15, 0.2) is 154 Å². The van der Waals surface area contributed by atoms with E-state index in [1.807, 2.05) is 18.2 Å². The fourth-order valence-electron chi connectivity index (χ4n) is 6.55. The third-order valence-electron chi connectivity index (χ3n) is 8.47. The Bertz CT molecular complexity index is 2380. The van der Waals surface area contributed by atoms with Gasteiger partial charge in [0, 0.05) is 27.8 Å². The van der Waals surface area contributed by atoms with Gasteiger partial charge in [-0.05, 0) is 62.0 Å². The minimum atomic E-state index is 0.824. The van der Waals surface area contributed by atoms with Gasteiger partial charge in [0.1, 0.15) is 22.5 Å². The van der Waals surface area contributed by atoms with E-state index in [0.717, 1.165) is 44.2 Å². The second kappa shape index (κ2) is 8.95. The van der Waals surface area contributed by atoms with Gasteiger partial charge in [0.25, 0.3) is 0 Å². The SMILES string of the molecule is c1ccc(-c2ccc(-c3c4ccccc4c(-c4cc5cc6c(cc5o4)oc4ccccc46)c4ccccc34)cc2)cc1. The van der Waals surface area contributed by atoms with E-state index in [1.165, 1.54) is 43.8 Å². The summed E-state index contributed by atoms with van der Waals surface area (Å²) < 4.78 is 12.8. The highest BCUT2D eigenvalue weighted by Gasteiger charge is 2.20. The van der Waals surface area contributed by atoms with Gasteiger partial charge < -0.3 is 8.83 Å². The smallest absolute Gasteiger partial charge is 0.139 e. The Labute approximate surface area is 242 Å². The molecule has 0 atom stereocenters. The molecule has 0 fully saturated rings. The maximum Gasteiger partial charge on any atom is 0.139 e. The van der Waals surface area contributed by atoms with Gasteiger partial charge in [0.15, 0.2) is 0 Å². The van der Waals surface area contributed by atoms with E-state index < -0.39 is 0 Å². The molecular weight excluding hydrogens is 512 g/mol. The van der Waals surface area contributed by atoms with Gasteiger partial charge in [0.05, 0.1) is 0 Å². The van der Waals surface area contributed by atoms with Crippen molar-refractivity contribution in [3.63, 3.8) is 0 Å². The standard InChI is InChI=1S/C40H24O2/c1-2-10-25(11-3-1)26-18-20-27(21-19-26)39-30-13-4-6-15-32(30)40(33-16-7-5-14-31(33)39)38-23-28-22-34-29-12-8-9-17-35(29)41-37(34)24-36(28)42-38/h1-24H. The summed E-state index contributed by atoms with van der Waals surface area (Å²) in [6.45, 7) is 0. The average molecular weight is 537 g/mol. The van der Waals surface area contributed by atoms with Crippen LogP contribution in [0.25, 0.3) is 88.0 Å². The zero-order chi connectivity index (χ0) is 27.6. The lowest BCUT2D eigenvalue weighted by Crippen LogP contribution is -1.90. The molecule has 0 spiro atoms. The lowest BCUT2D eigenvalue weighted by molar-refractivity contribution is 0.629. The molecule has 0 unspecified atom stereocenters. The first-order valence-electron chi connectivity index (χ1n) is 14.3. The van der Waals surface area contributed by atoms with Crippen LogP contribution < -0.4 is 0 Å². The summed E-state index contributed by atoms with van der Waals surface area (Å²) in [7, 11) is 0. The van der Waals surface area contributed by atoms with E-state index in [9.17, 15) is 0 Å². The Morgan fingerprint density at radius 2 is 0.857 bits per heavy atom. The van der Waals surface area contributed by atoms with Crippen LogP contribution in [0.3, 0.4) is 0 Å². The first-order chi connectivity index (χ1) is 20.8. The molecule has 0 aliphatic carbocycles. The first-order valence-corrected chi connectivity index (χ1v) is 14.3. The maximum atomic E-state index is 6.62. The van der Waals surface area contributed by atoms with Gasteiger partial charge >= 0.3 is 0 Å². The van der Waals surface area contributed by atoms with Crippen molar-refractivity contribution < 1.29 is 8.83 Å². The van der Waals surface area contributed by atoms with Crippen molar-refractivity contribution in [3.8, 4) is 33.6 Å². The number of furan rings is 2. The van der Waals surface area contributed by atoms with E-state index in [2.05, 4.69) is 127 Å². The van der Waals surface area contributed by atoms with Gasteiger partial charge in [0.2, 0.25) is 0 Å². The topological polar surface area (TPSA) is 26.3 Å². The van der Waals surface area contributed by atoms with E-state index in [-0.39, 0.29) is 0 Å². The molecule has 9 rings (SSSR count). The summed E-state index contributed by atoms with van der Waals surface area (Å²) in [6.07, 6.45) is 0. The van der Waals surface area contributed by atoms with E-state index in [1.54, 1.807) is 0 Å². The molecular formula is C40H24O2. The predicted molar refractivity (Wildman–Crippen MR) is 175 cm³/mol. The average Bonchev–Trinajstić information content (AvgIpc) is 3.63. The quantitative estimate of drug-likeness (QED) is 0.210. The first kappa shape index (κ1) is 23.1. The Hall–Kier alpha value is -5.60. The highest BCUT2D eigenvalue weighted by molar-refractivity contribution is 6.21. The molecule has 0 saturated carbocycles. The number of rotatable bonds is 3. The summed E-state index contributed by atoms with van der Waals surface area (Å²) >= 11 is 0. The van der Waals surface area contributed by atoms with Crippen LogP contribution in [-0.4, -0.2) is 0 Å². The number of benzene rings is 7. The van der Waals surface area contributed by atoms with Crippen LogP contribution in [0, 0.1) is 0 Å². The van der Waals surface area contributed by atoms with E-state index in [0.29, 0.717) is 0 Å². The molecule has 0 amide bonds. The fraction of sp³-hybridized carbons (Fsp3) is 0. The molecule has 9 aromatic rings. The van der Waals surface area contributed by atoms with Gasteiger partial charge in [-0.2, -0.15) is 0 Å². The number of hydrogen-bond donors (Lipinski definition) is 0. The molecule has 0 aliphatic rings. The normalized spacial score (nSPS) is 11.8.